The van der Waals surface area contributed by atoms with Gasteiger partial charge in [0, 0.05) is 41.7 Å². The van der Waals surface area contributed by atoms with Gasteiger partial charge in [0.2, 0.25) is 5.88 Å². The van der Waals surface area contributed by atoms with Crippen LogP contribution in [-0.2, 0) is 29.5 Å². The van der Waals surface area contributed by atoms with Crippen molar-refractivity contribution in [3.05, 3.63) is 63.7 Å². The number of hydrogen-bond donors (Lipinski definition) is 1. The Morgan fingerprint density at radius 1 is 1.12 bits per heavy atom. The monoisotopic (exact) mass is 675 g/mol. The average molecular weight is 676 g/mol. The maximum Gasteiger partial charge on any atom is 0.275 e. The van der Waals surface area contributed by atoms with Crippen LogP contribution in [0.4, 0.5) is 5.69 Å². The molecule has 2 fully saturated rings. The summed E-state index contributed by atoms with van der Waals surface area (Å²) in [7, 11) is 2.13. The molecule has 50 heavy (non-hydrogen) atoms. The topological polar surface area (TPSA) is 161 Å². The third kappa shape index (κ3) is 4.83. The Bertz CT molecular complexity index is 2040. The molecule has 0 bridgehead atoms. The number of ether oxygens (including phenoxy) is 2. The van der Waals surface area contributed by atoms with Crippen molar-refractivity contribution in [2.75, 3.05) is 32.5 Å². The summed E-state index contributed by atoms with van der Waals surface area (Å²) in [5.41, 5.74) is 11.8. The van der Waals surface area contributed by atoms with Gasteiger partial charge < -0.3 is 24.6 Å². The Morgan fingerprint density at radius 3 is 2.74 bits per heavy atom. The van der Waals surface area contributed by atoms with Gasteiger partial charge in [0.1, 0.15) is 12.2 Å². The highest BCUT2D eigenvalue weighted by Crippen LogP contribution is 2.53. The first kappa shape index (κ1) is 31.2. The number of likely N-dealkylation sites (tertiary alicyclic amines) is 1. The van der Waals surface area contributed by atoms with E-state index in [1.165, 1.54) is 0 Å². The smallest absolute Gasteiger partial charge is 0.275 e. The van der Waals surface area contributed by atoms with Crippen LogP contribution in [0.2, 0.25) is 0 Å². The molecule has 3 aromatic heterocycles. The summed E-state index contributed by atoms with van der Waals surface area (Å²) in [6.07, 6.45) is 9.97. The third-order valence-corrected chi connectivity index (χ3v) is 11.7. The van der Waals surface area contributed by atoms with E-state index in [2.05, 4.69) is 36.2 Å². The predicted molar refractivity (Wildman–Crippen MR) is 182 cm³/mol. The zero-order chi connectivity index (χ0) is 34.1. The molecule has 258 valence electrons. The Kier molecular flexibility index (Phi) is 7.44. The Labute approximate surface area is 290 Å². The first-order valence-corrected chi connectivity index (χ1v) is 17.9. The number of nitriles is 1. The molecule has 1 aromatic carbocycles. The fourth-order valence-corrected chi connectivity index (χ4v) is 9.26. The number of amides is 1. The number of aromatic nitrogens is 5. The van der Waals surface area contributed by atoms with Crippen molar-refractivity contribution in [2.24, 2.45) is 0 Å². The molecule has 5 aliphatic rings. The quantitative estimate of drug-likeness (QED) is 0.290. The van der Waals surface area contributed by atoms with E-state index in [1.807, 2.05) is 17.2 Å². The number of carbonyl (C=O) groups excluding carboxylic acids is 1. The second-order valence-corrected chi connectivity index (χ2v) is 14.6. The summed E-state index contributed by atoms with van der Waals surface area (Å²) in [5, 5.41) is 19.6. The number of fused-ring (bicyclic) bond motifs is 5. The van der Waals surface area contributed by atoms with Crippen LogP contribution in [0.3, 0.4) is 0 Å². The van der Waals surface area contributed by atoms with Crippen LogP contribution in [0.15, 0.2) is 28.9 Å². The number of nitrogens with two attached hydrogens (primary N) is 1. The van der Waals surface area contributed by atoms with Crippen LogP contribution in [-0.4, -0.2) is 85.6 Å². The molecule has 0 radical (unpaired) electrons. The van der Waals surface area contributed by atoms with Gasteiger partial charge in [0.05, 0.1) is 30.2 Å². The van der Waals surface area contributed by atoms with Crippen LogP contribution in [0.5, 0.6) is 5.88 Å². The molecule has 2 saturated heterocycles. The summed E-state index contributed by atoms with van der Waals surface area (Å²) >= 11 is 0. The number of likely N-dealkylation sites (N-methyl/N-ethyl adjacent to an activating group) is 1. The Morgan fingerprint density at radius 2 is 1.98 bits per heavy atom. The number of aryl methyl sites for hydroxylation is 1. The third-order valence-electron chi connectivity index (χ3n) is 11.7. The van der Waals surface area contributed by atoms with Gasteiger partial charge in [-0.2, -0.15) is 15.3 Å². The highest BCUT2D eigenvalue weighted by atomic mass is 16.5. The fourth-order valence-electron chi connectivity index (χ4n) is 9.26. The van der Waals surface area contributed by atoms with Gasteiger partial charge >= 0.3 is 0 Å². The molecule has 9 rings (SSSR count). The van der Waals surface area contributed by atoms with E-state index in [0.29, 0.717) is 59.9 Å². The molecule has 0 saturated carbocycles. The van der Waals surface area contributed by atoms with E-state index in [0.717, 1.165) is 92.3 Å². The van der Waals surface area contributed by atoms with E-state index >= 15 is 0 Å². The molecule has 1 spiro atoms. The van der Waals surface area contributed by atoms with Gasteiger partial charge in [0.25, 0.3) is 5.91 Å². The summed E-state index contributed by atoms with van der Waals surface area (Å²) in [6, 6.07) is 8.44. The minimum Gasteiger partial charge on any atom is -0.473 e. The van der Waals surface area contributed by atoms with E-state index in [1.54, 1.807) is 10.7 Å². The normalized spacial score (nSPS) is 25.1. The molecular weight excluding hydrogens is 634 g/mol. The van der Waals surface area contributed by atoms with Crippen molar-refractivity contribution in [2.45, 2.75) is 94.9 Å². The molecule has 4 atom stereocenters. The van der Waals surface area contributed by atoms with Crippen LogP contribution in [0.1, 0.15) is 95.9 Å². The van der Waals surface area contributed by atoms with Crippen molar-refractivity contribution in [1.29, 1.82) is 5.26 Å². The molecule has 2 N–H and O–H groups in total. The minimum absolute atomic E-state index is 0.0736. The summed E-state index contributed by atoms with van der Waals surface area (Å²) in [4.78, 5) is 27.5. The molecular formula is C37H41N9O4. The predicted octanol–water partition coefficient (Wildman–Crippen LogP) is 4.34. The molecule has 3 aliphatic heterocycles. The van der Waals surface area contributed by atoms with Gasteiger partial charge in [0.15, 0.2) is 28.8 Å². The highest BCUT2D eigenvalue weighted by Gasteiger charge is 2.48. The lowest BCUT2D eigenvalue weighted by molar-refractivity contribution is 0.0672. The van der Waals surface area contributed by atoms with E-state index in [-0.39, 0.29) is 24.1 Å². The standard InChI is InChI=1S/C37H41N9O4/c1-21(28-8-5-14-44(28)2)49-30-16-29(46-19-23-18-45(24-11-15-48-20-24)36(47)32(23)42-46)40-35(41-30)33-25-7-4-13-37(34(25)50-43-33)12-3-6-22-9-10-27(39)26(17-38)31(22)37/h9-10,16,19,21,24,28H,3-8,11-15,18,20,39H2,1-2H3. The maximum absolute atomic E-state index is 13.4. The van der Waals surface area contributed by atoms with Crippen LogP contribution >= 0.6 is 0 Å². The summed E-state index contributed by atoms with van der Waals surface area (Å²) < 4.78 is 20.1. The fraction of sp³-hybridized carbons (Fsp3) is 0.514. The van der Waals surface area contributed by atoms with E-state index < -0.39 is 5.41 Å². The van der Waals surface area contributed by atoms with Crippen LogP contribution in [0.25, 0.3) is 17.3 Å². The summed E-state index contributed by atoms with van der Waals surface area (Å²) in [5.74, 6) is 1.97. The SMILES string of the molecule is CC(Oc1cc(-n2cc3c(n2)C(=O)N(C2CCOC2)C3)nc(-c2noc3c2CCCC32CCCc3ccc(N)c(C#N)c32)n1)C1CCCN1C. The van der Waals surface area contributed by atoms with Gasteiger partial charge in [-0.15, -0.1) is 0 Å². The number of anilines is 1. The lowest BCUT2D eigenvalue weighted by Gasteiger charge is -2.41. The zero-order valence-electron chi connectivity index (χ0n) is 28.5. The number of nitrogen functional groups attached to an aromatic ring is 1. The molecule has 1 amide bonds. The second kappa shape index (κ2) is 11.9. The molecule has 4 aromatic rings. The minimum atomic E-state index is -0.495. The lowest BCUT2D eigenvalue weighted by atomic mass is 9.61. The Hall–Kier alpha value is -4.80. The maximum atomic E-state index is 13.4. The van der Waals surface area contributed by atoms with Gasteiger partial charge in [-0.25, -0.2) is 9.67 Å². The molecule has 13 heteroatoms. The summed E-state index contributed by atoms with van der Waals surface area (Å²) in [6.45, 7) is 4.83. The van der Waals surface area contributed by atoms with Crippen LogP contribution in [0, 0.1) is 11.3 Å². The highest BCUT2D eigenvalue weighted by molar-refractivity contribution is 5.96. The Balaban J connectivity index is 1.13. The molecule has 13 nitrogen and oxygen atoms in total. The second-order valence-electron chi connectivity index (χ2n) is 14.6. The number of carbonyl (C=O) groups is 1. The van der Waals surface area contributed by atoms with Gasteiger partial charge in [-0.1, -0.05) is 11.2 Å². The number of benzene rings is 1. The van der Waals surface area contributed by atoms with Crippen molar-refractivity contribution in [3.63, 3.8) is 0 Å². The van der Waals surface area contributed by atoms with Crippen molar-refractivity contribution >= 4 is 11.6 Å². The zero-order valence-corrected chi connectivity index (χ0v) is 28.5. The molecule has 6 heterocycles. The van der Waals surface area contributed by atoms with E-state index in [9.17, 15) is 10.1 Å². The average Bonchev–Trinajstić information content (AvgIpc) is 3.96. The van der Waals surface area contributed by atoms with Gasteiger partial charge in [-0.3, -0.25) is 9.69 Å². The molecule has 2 aliphatic carbocycles. The lowest BCUT2D eigenvalue weighted by Crippen LogP contribution is -2.38. The van der Waals surface area contributed by atoms with E-state index in [4.69, 9.17) is 34.8 Å². The van der Waals surface area contributed by atoms with Gasteiger partial charge in [-0.05, 0) is 95.5 Å². The largest absolute Gasteiger partial charge is 0.473 e. The number of hydrogen-bond acceptors (Lipinski definition) is 11. The molecule has 4 unspecified atom stereocenters. The first-order valence-electron chi connectivity index (χ1n) is 17.9. The number of rotatable bonds is 6. The van der Waals surface area contributed by atoms with Crippen molar-refractivity contribution < 1.29 is 18.8 Å². The van der Waals surface area contributed by atoms with Crippen LogP contribution < -0.4 is 10.5 Å². The number of nitrogens with zero attached hydrogens (tertiary/aromatic N) is 8. The van der Waals surface area contributed by atoms with Crippen molar-refractivity contribution in [1.82, 2.24) is 34.7 Å². The van der Waals surface area contributed by atoms with Crippen molar-refractivity contribution in [3.8, 4) is 29.3 Å². The first-order chi connectivity index (χ1) is 24.3.